The molecule has 0 amide bonds. The van der Waals surface area contributed by atoms with Crippen molar-refractivity contribution in [3.8, 4) is 11.4 Å². The zero-order valence-electron chi connectivity index (χ0n) is 31.6. The number of hydrogen-bond donors (Lipinski definition) is 0. The number of furan rings is 1. The number of aromatic nitrogens is 2. The molecule has 0 aliphatic carbocycles. The first-order valence-corrected chi connectivity index (χ1v) is 21.9. The maximum absolute atomic E-state index is 6.70. The molecule has 0 aliphatic rings. The first-order valence-electron chi connectivity index (χ1n) is 19.9. The molecule has 4 heteroatoms. The average molecular weight is 757 g/mol. The normalized spacial score (nSPS) is 12.1. The fraction of sp³-hybridized carbons (Fsp3) is 0. The molecule has 272 valence electrons. The summed E-state index contributed by atoms with van der Waals surface area (Å²) >= 11 is 0. The highest BCUT2D eigenvalue weighted by Gasteiger charge is 2.43. The molecule has 3 heterocycles. The van der Waals surface area contributed by atoms with Crippen molar-refractivity contribution in [2.45, 2.75) is 0 Å². The molecule has 12 rings (SSSR count). The van der Waals surface area contributed by atoms with Gasteiger partial charge in [-0.05, 0) is 75.3 Å². The van der Waals surface area contributed by atoms with E-state index < -0.39 is 8.07 Å². The van der Waals surface area contributed by atoms with Gasteiger partial charge in [-0.1, -0.05) is 164 Å². The Morgan fingerprint density at radius 1 is 0.328 bits per heavy atom. The van der Waals surface area contributed by atoms with Crippen LogP contribution in [0.25, 0.3) is 76.9 Å². The van der Waals surface area contributed by atoms with Crippen LogP contribution in [0.4, 0.5) is 0 Å². The summed E-state index contributed by atoms with van der Waals surface area (Å²) in [5.74, 6) is 0. The lowest BCUT2D eigenvalue weighted by Gasteiger charge is -2.35. The van der Waals surface area contributed by atoms with Gasteiger partial charge in [0.1, 0.15) is 5.58 Å². The van der Waals surface area contributed by atoms with E-state index in [1.54, 1.807) is 0 Å². The highest BCUT2D eigenvalue weighted by atomic mass is 28.3. The fourth-order valence-electron chi connectivity index (χ4n) is 9.89. The van der Waals surface area contributed by atoms with Crippen molar-refractivity contribution in [3.63, 3.8) is 0 Å². The van der Waals surface area contributed by atoms with Crippen molar-refractivity contribution in [1.29, 1.82) is 0 Å². The van der Waals surface area contributed by atoms with E-state index in [9.17, 15) is 0 Å². The van der Waals surface area contributed by atoms with E-state index in [4.69, 9.17) is 4.42 Å². The molecule has 12 aromatic rings. The van der Waals surface area contributed by atoms with Gasteiger partial charge in [0.25, 0.3) is 0 Å². The number of para-hydroxylation sites is 4. The van der Waals surface area contributed by atoms with E-state index in [1.165, 1.54) is 53.3 Å². The standard InChI is InChI=1S/C54H36N2OSi/c1-4-17-37(18-5-1)55-48-27-14-11-25-46(48)52-49(55)28-16-30-51(52)58(39-19-6-2-7-20-39,40-21-8-3-9-22-40)41-33-31-38(32-34-41)56-47-26-13-10-23-42(47)44-35-36-45-43-24-12-15-29-50(43)57-54(45)53(44)56/h1-36H. The fourth-order valence-corrected chi connectivity index (χ4v) is 14.9. The van der Waals surface area contributed by atoms with E-state index in [-0.39, 0.29) is 0 Å². The molecule has 9 aromatic carbocycles. The van der Waals surface area contributed by atoms with Crippen molar-refractivity contribution in [2.24, 2.45) is 0 Å². The van der Waals surface area contributed by atoms with Crippen LogP contribution in [0.1, 0.15) is 0 Å². The summed E-state index contributed by atoms with van der Waals surface area (Å²) in [7, 11) is -2.99. The van der Waals surface area contributed by atoms with Crippen LogP contribution in [0.2, 0.25) is 0 Å². The molecular weight excluding hydrogens is 721 g/mol. The van der Waals surface area contributed by atoms with Crippen LogP contribution in [0, 0.1) is 0 Å². The minimum atomic E-state index is -2.99. The summed E-state index contributed by atoms with van der Waals surface area (Å²) in [5.41, 5.74) is 8.75. The summed E-state index contributed by atoms with van der Waals surface area (Å²) in [6, 6.07) is 80.3. The minimum Gasteiger partial charge on any atom is -0.454 e. The quantitative estimate of drug-likeness (QED) is 0.122. The van der Waals surface area contributed by atoms with Crippen LogP contribution in [-0.4, -0.2) is 17.2 Å². The number of fused-ring (bicyclic) bond motifs is 10. The molecule has 0 fully saturated rings. The van der Waals surface area contributed by atoms with E-state index in [2.05, 4.69) is 221 Å². The summed E-state index contributed by atoms with van der Waals surface area (Å²) in [6.45, 7) is 0. The monoisotopic (exact) mass is 756 g/mol. The van der Waals surface area contributed by atoms with Crippen molar-refractivity contribution in [1.82, 2.24) is 9.13 Å². The average Bonchev–Trinajstić information content (AvgIpc) is 3.96. The highest BCUT2D eigenvalue weighted by molar-refractivity contribution is 7.20. The topological polar surface area (TPSA) is 23.0 Å². The summed E-state index contributed by atoms with van der Waals surface area (Å²) in [6.07, 6.45) is 0. The van der Waals surface area contributed by atoms with Gasteiger partial charge in [-0.15, -0.1) is 0 Å². The molecule has 0 radical (unpaired) electrons. The molecule has 58 heavy (non-hydrogen) atoms. The van der Waals surface area contributed by atoms with Gasteiger partial charge in [-0.3, -0.25) is 0 Å². The minimum absolute atomic E-state index is 0.904. The Hall–Kier alpha value is -7.40. The second-order valence-electron chi connectivity index (χ2n) is 15.2. The van der Waals surface area contributed by atoms with E-state index >= 15 is 0 Å². The summed E-state index contributed by atoms with van der Waals surface area (Å²) in [5, 5.41) is 12.6. The molecule has 3 aromatic heterocycles. The van der Waals surface area contributed by atoms with Gasteiger partial charge in [0.2, 0.25) is 0 Å². The van der Waals surface area contributed by atoms with Gasteiger partial charge in [-0.2, -0.15) is 0 Å². The van der Waals surface area contributed by atoms with Crippen molar-refractivity contribution in [3.05, 3.63) is 218 Å². The third-order valence-corrected chi connectivity index (χ3v) is 17.1. The lowest BCUT2D eigenvalue weighted by atomic mass is 10.1. The molecule has 3 nitrogen and oxygen atoms in total. The maximum Gasteiger partial charge on any atom is 0.180 e. The number of rotatable bonds is 6. The third kappa shape index (κ3) is 4.61. The third-order valence-electron chi connectivity index (χ3n) is 12.3. The molecular formula is C54H36N2OSi. The predicted molar refractivity (Wildman–Crippen MR) is 246 cm³/mol. The van der Waals surface area contributed by atoms with Crippen LogP contribution in [0.3, 0.4) is 0 Å². The molecule has 0 unspecified atom stereocenters. The van der Waals surface area contributed by atoms with Crippen LogP contribution in [0.5, 0.6) is 0 Å². The van der Waals surface area contributed by atoms with Gasteiger partial charge in [0, 0.05) is 43.7 Å². The Balaban J connectivity index is 1.17. The Labute approximate surface area is 336 Å². The zero-order chi connectivity index (χ0) is 38.2. The van der Waals surface area contributed by atoms with Crippen LogP contribution >= 0.6 is 0 Å². The van der Waals surface area contributed by atoms with Crippen LogP contribution in [0.15, 0.2) is 223 Å². The molecule has 0 saturated heterocycles. The van der Waals surface area contributed by atoms with Gasteiger partial charge in [0.05, 0.1) is 22.1 Å². The first-order chi connectivity index (χ1) is 28.8. The largest absolute Gasteiger partial charge is 0.454 e. The van der Waals surface area contributed by atoms with Crippen molar-refractivity contribution in [2.75, 3.05) is 0 Å². The molecule has 0 atom stereocenters. The summed E-state index contributed by atoms with van der Waals surface area (Å²) < 4.78 is 11.5. The van der Waals surface area contributed by atoms with Crippen molar-refractivity contribution < 1.29 is 4.42 Å². The number of benzene rings is 9. The molecule has 0 saturated carbocycles. The van der Waals surface area contributed by atoms with Gasteiger partial charge >= 0.3 is 0 Å². The predicted octanol–water partition coefficient (Wildman–Crippen LogP) is 11.2. The Bertz CT molecular complexity index is 3450. The molecule has 0 N–H and O–H groups in total. The molecule has 0 bridgehead atoms. The number of hydrogen-bond acceptors (Lipinski definition) is 1. The lowest BCUT2D eigenvalue weighted by Crippen LogP contribution is -2.74. The highest BCUT2D eigenvalue weighted by Crippen LogP contribution is 2.40. The smallest absolute Gasteiger partial charge is 0.180 e. The zero-order valence-corrected chi connectivity index (χ0v) is 32.6. The Kier molecular flexibility index (Phi) is 7.25. The van der Waals surface area contributed by atoms with Crippen LogP contribution < -0.4 is 20.7 Å². The second-order valence-corrected chi connectivity index (χ2v) is 19.0. The van der Waals surface area contributed by atoms with Gasteiger partial charge in [-0.25, -0.2) is 0 Å². The van der Waals surface area contributed by atoms with Gasteiger partial charge in [0.15, 0.2) is 13.7 Å². The number of nitrogens with zero attached hydrogens (tertiary/aromatic N) is 2. The second kappa shape index (κ2) is 12.8. The van der Waals surface area contributed by atoms with E-state index in [0.717, 1.165) is 44.3 Å². The van der Waals surface area contributed by atoms with Gasteiger partial charge < -0.3 is 13.6 Å². The van der Waals surface area contributed by atoms with E-state index in [1.807, 2.05) is 6.07 Å². The Morgan fingerprint density at radius 3 is 1.55 bits per heavy atom. The first kappa shape index (κ1) is 32.8. The maximum atomic E-state index is 6.70. The lowest BCUT2D eigenvalue weighted by molar-refractivity contribution is 0.671. The molecule has 0 spiro atoms. The summed E-state index contributed by atoms with van der Waals surface area (Å²) in [4.78, 5) is 0. The van der Waals surface area contributed by atoms with Crippen molar-refractivity contribution >= 4 is 94.4 Å². The van der Waals surface area contributed by atoms with E-state index in [0.29, 0.717) is 0 Å². The molecule has 0 aliphatic heterocycles. The van der Waals surface area contributed by atoms with Crippen LogP contribution in [-0.2, 0) is 0 Å². The Morgan fingerprint density at radius 2 is 0.845 bits per heavy atom. The SMILES string of the molecule is c1ccc(-n2c3ccccc3c3c([Si](c4ccccc4)(c4ccccc4)c4ccc(-n5c6ccccc6c6ccc7c8ccccc8oc7c65)cc4)cccc32)cc1.